The number of carbonyl (C=O) groups excluding carboxylic acids is 1. The van der Waals surface area contributed by atoms with Crippen molar-refractivity contribution in [2.75, 3.05) is 7.11 Å². The van der Waals surface area contributed by atoms with Crippen molar-refractivity contribution in [1.82, 2.24) is 0 Å². The van der Waals surface area contributed by atoms with Crippen LogP contribution in [0.25, 0.3) is 11.1 Å². The van der Waals surface area contributed by atoms with E-state index < -0.39 is 0 Å². The number of carbonyl (C=O) groups is 1. The van der Waals surface area contributed by atoms with Gasteiger partial charge >= 0.3 is 5.97 Å². The average Bonchev–Trinajstić information content (AvgIpc) is 2.38. The Kier molecular flexibility index (Phi) is 3.59. The van der Waals surface area contributed by atoms with E-state index in [-0.39, 0.29) is 5.97 Å². The standard InChI is InChI=1S/C14H11BrO2/c1-17-14(16)11-7-5-10(6-8-11)12-3-2-4-13(15)9-12/h2-9H,1H3. The van der Waals surface area contributed by atoms with E-state index in [0.29, 0.717) is 5.56 Å². The van der Waals surface area contributed by atoms with Crippen LogP contribution in [0.1, 0.15) is 10.4 Å². The molecule has 86 valence electrons. The molecule has 2 aromatic rings. The number of ether oxygens (including phenoxy) is 1. The monoisotopic (exact) mass is 290 g/mol. The van der Waals surface area contributed by atoms with E-state index in [0.717, 1.165) is 15.6 Å². The van der Waals surface area contributed by atoms with Crippen LogP contribution in [0.15, 0.2) is 53.0 Å². The van der Waals surface area contributed by atoms with Gasteiger partial charge in [0.2, 0.25) is 0 Å². The highest BCUT2D eigenvalue weighted by atomic mass is 79.9. The molecule has 2 nitrogen and oxygen atoms in total. The van der Waals surface area contributed by atoms with Gasteiger partial charge in [0, 0.05) is 4.47 Å². The predicted molar refractivity (Wildman–Crippen MR) is 70.9 cm³/mol. The summed E-state index contributed by atoms with van der Waals surface area (Å²) < 4.78 is 5.69. The lowest BCUT2D eigenvalue weighted by Gasteiger charge is -2.04. The quantitative estimate of drug-likeness (QED) is 0.784. The summed E-state index contributed by atoms with van der Waals surface area (Å²) in [6.45, 7) is 0. The SMILES string of the molecule is COC(=O)c1ccc(-c2cccc(Br)c2)cc1. The van der Waals surface area contributed by atoms with Crippen molar-refractivity contribution in [3.05, 3.63) is 58.6 Å². The highest BCUT2D eigenvalue weighted by Crippen LogP contribution is 2.23. The second-order valence-electron chi connectivity index (χ2n) is 3.58. The molecule has 0 fully saturated rings. The fourth-order valence-electron chi connectivity index (χ4n) is 1.58. The van der Waals surface area contributed by atoms with Gasteiger partial charge in [-0.1, -0.05) is 40.2 Å². The third kappa shape index (κ3) is 2.74. The topological polar surface area (TPSA) is 26.3 Å². The number of benzene rings is 2. The van der Waals surface area contributed by atoms with E-state index in [1.165, 1.54) is 7.11 Å². The number of methoxy groups -OCH3 is 1. The van der Waals surface area contributed by atoms with Crippen molar-refractivity contribution in [1.29, 1.82) is 0 Å². The van der Waals surface area contributed by atoms with Gasteiger partial charge in [-0.2, -0.15) is 0 Å². The van der Waals surface area contributed by atoms with E-state index in [1.807, 2.05) is 36.4 Å². The van der Waals surface area contributed by atoms with E-state index in [9.17, 15) is 4.79 Å². The van der Waals surface area contributed by atoms with E-state index in [1.54, 1.807) is 12.1 Å². The zero-order valence-corrected chi connectivity index (χ0v) is 10.9. The van der Waals surface area contributed by atoms with Crippen LogP contribution in [0.2, 0.25) is 0 Å². The van der Waals surface area contributed by atoms with Crippen LogP contribution in [-0.4, -0.2) is 13.1 Å². The fraction of sp³-hybridized carbons (Fsp3) is 0.0714. The highest BCUT2D eigenvalue weighted by molar-refractivity contribution is 9.10. The van der Waals surface area contributed by atoms with E-state index in [2.05, 4.69) is 20.7 Å². The second-order valence-corrected chi connectivity index (χ2v) is 4.49. The second kappa shape index (κ2) is 5.15. The lowest BCUT2D eigenvalue weighted by atomic mass is 10.0. The summed E-state index contributed by atoms with van der Waals surface area (Å²) in [6, 6.07) is 15.4. The molecule has 2 aromatic carbocycles. The Bertz CT molecular complexity index is 532. The number of hydrogen-bond acceptors (Lipinski definition) is 2. The Morgan fingerprint density at radius 1 is 1.06 bits per heavy atom. The smallest absolute Gasteiger partial charge is 0.337 e. The Hall–Kier alpha value is -1.61. The average molecular weight is 291 g/mol. The number of hydrogen-bond donors (Lipinski definition) is 0. The fourth-order valence-corrected chi connectivity index (χ4v) is 1.98. The summed E-state index contributed by atoms with van der Waals surface area (Å²) in [7, 11) is 1.38. The molecule has 0 aliphatic carbocycles. The summed E-state index contributed by atoms with van der Waals surface area (Å²) in [4.78, 5) is 11.3. The summed E-state index contributed by atoms with van der Waals surface area (Å²) in [5.74, 6) is -0.314. The molecule has 0 bridgehead atoms. The molecular formula is C14H11BrO2. The summed E-state index contributed by atoms with van der Waals surface area (Å²) in [5.41, 5.74) is 2.74. The molecule has 2 rings (SSSR count). The van der Waals surface area contributed by atoms with Gasteiger partial charge in [0.15, 0.2) is 0 Å². The normalized spacial score (nSPS) is 10.0. The first-order chi connectivity index (χ1) is 8.20. The van der Waals surface area contributed by atoms with Crippen molar-refractivity contribution >= 4 is 21.9 Å². The molecule has 0 atom stereocenters. The molecule has 3 heteroatoms. The van der Waals surface area contributed by atoms with Gasteiger partial charge in [-0.25, -0.2) is 4.79 Å². The first-order valence-corrected chi connectivity index (χ1v) is 5.94. The van der Waals surface area contributed by atoms with Crippen LogP contribution in [0.5, 0.6) is 0 Å². The molecule has 0 amide bonds. The minimum Gasteiger partial charge on any atom is -0.465 e. The van der Waals surface area contributed by atoms with Gasteiger partial charge in [0.25, 0.3) is 0 Å². The van der Waals surface area contributed by atoms with Crippen molar-refractivity contribution in [2.24, 2.45) is 0 Å². The molecule has 0 saturated carbocycles. The lowest BCUT2D eigenvalue weighted by Crippen LogP contribution is -2.00. The molecule has 0 aromatic heterocycles. The van der Waals surface area contributed by atoms with Gasteiger partial charge in [0.1, 0.15) is 0 Å². The van der Waals surface area contributed by atoms with Gasteiger partial charge in [0.05, 0.1) is 12.7 Å². The van der Waals surface area contributed by atoms with Crippen molar-refractivity contribution in [3.63, 3.8) is 0 Å². The van der Waals surface area contributed by atoms with Crippen LogP contribution < -0.4 is 0 Å². The maximum Gasteiger partial charge on any atom is 0.337 e. The Morgan fingerprint density at radius 2 is 1.76 bits per heavy atom. The summed E-state index contributed by atoms with van der Waals surface area (Å²) >= 11 is 3.43. The predicted octanol–water partition coefficient (Wildman–Crippen LogP) is 3.90. The summed E-state index contributed by atoms with van der Waals surface area (Å²) in [6.07, 6.45) is 0. The maximum atomic E-state index is 11.3. The molecule has 0 heterocycles. The van der Waals surface area contributed by atoms with Crippen LogP contribution in [0.4, 0.5) is 0 Å². The molecule has 0 aliphatic heterocycles. The van der Waals surface area contributed by atoms with E-state index in [4.69, 9.17) is 0 Å². The van der Waals surface area contributed by atoms with Gasteiger partial charge in [-0.3, -0.25) is 0 Å². The van der Waals surface area contributed by atoms with Crippen LogP contribution >= 0.6 is 15.9 Å². The largest absolute Gasteiger partial charge is 0.465 e. The molecule has 0 radical (unpaired) electrons. The van der Waals surface area contributed by atoms with E-state index >= 15 is 0 Å². The van der Waals surface area contributed by atoms with Crippen LogP contribution in [-0.2, 0) is 4.74 Å². The Balaban J connectivity index is 2.32. The number of halogens is 1. The number of rotatable bonds is 2. The zero-order chi connectivity index (χ0) is 12.3. The molecule has 0 aliphatic rings. The van der Waals surface area contributed by atoms with Crippen LogP contribution in [0, 0.1) is 0 Å². The molecule has 0 unspecified atom stereocenters. The van der Waals surface area contributed by atoms with Crippen molar-refractivity contribution in [3.8, 4) is 11.1 Å². The van der Waals surface area contributed by atoms with Crippen molar-refractivity contribution in [2.45, 2.75) is 0 Å². The third-order valence-electron chi connectivity index (χ3n) is 2.46. The van der Waals surface area contributed by atoms with Gasteiger partial charge in [-0.15, -0.1) is 0 Å². The minimum atomic E-state index is -0.314. The lowest BCUT2D eigenvalue weighted by molar-refractivity contribution is 0.0601. The number of esters is 1. The van der Waals surface area contributed by atoms with Crippen molar-refractivity contribution < 1.29 is 9.53 Å². The Labute approximate surface area is 108 Å². The molecule has 0 spiro atoms. The molecule has 17 heavy (non-hydrogen) atoms. The molecule has 0 saturated heterocycles. The minimum absolute atomic E-state index is 0.314. The highest BCUT2D eigenvalue weighted by Gasteiger charge is 2.05. The first-order valence-electron chi connectivity index (χ1n) is 5.15. The zero-order valence-electron chi connectivity index (χ0n) is 9.31. The first kappa shape index (κ1) is 11.9. The molecular weight excluding hydrogens is 280 g/mol. The molecule has 0 N–H and O–H groups in total. The third-order valence-corrected chi connectivity index (χ3v) is 2.96. The van der Waals surface area contributed by atoms with Gasteiger partial charge < -0.3 is 4.74 Å². The van der Waals surface area contributed by atoms with Crippen LogP contribution in [0.3, 0.4) is 0 Å². The van der Waals surface area contributed by atoms with Gasteiger partial charge in [-0.05, 0) is 35.4 Å². The maximum absolute atomic E-state index is 11.3. The summed E-state index contributed by atoms with van der Waals surface area (Å²) in [5, 5.41) is 0. The Morgan fingerprint density at radius 3 is 2.35 bits per heavy atom.